The first-order chi connectivity index (χ1) is 8.90. The third kappa shape index (κ3) is 1.63. The second kappa shape index (κ2) is 4.31. The van der Waals surface area contributed by atoms with Crippen LogP contribution in [0.2, 0.25) is 0 Å². The average molecular weight is 230 g/mol. The van der Waals surface area contributed by atoms with Gasteiger partial charge in [-0.25, -0.2) is 4.98 Å². The zero-order valence-electron chi connectivity index (χ0n) is 9.67. The van der Waals surface area contributed by atoms with Crippen molar-refractivity contribution in [1.29, 1.82) is 5.26 Å². The SMILES string of the molecule is N#Cc1nccc2c(-c3ccccc3)cccc12. The molecule has 0 saturated carbocycles. The average Bonchev–Trinajstić information content (AvgIpc) is 2.47. The monoisotopic (exact) mass is 230 g/mol. The molecule has 0 bridgehead atoms. The Morgan fingerprint density at radius 3 is 2.44 bits per heavy atom. The highest BCUT2D eigenvalue weighted by atomic mass is 14.7. The number of nitriles is 1. The fourth-order valence-electron chi connectivity index (χ4n) is 2.17. The van der Waals surface area contributed by atoms with Gasteiger partial charge in [-0.3, -0.25) is 0 Å². The number of hydrogen-bond acceptors (Lipinski definition) is 2. The summed E-state index contributed by atoms with van der Waals surface area (Å²) in [6.45, 7) is 0. The van der Waals surface area contributed by atoms with Gasteiger partial charge in [0, 0.05) is 11.6 Å². The summed E-state index contributed by atoms with van der Waals surface area (Å²) in [5.41, 5.74) is 2.76. The van der Waals surface area contributed by atoms with E-state index in [1.807, 2.05) is 36.4 Å². The van der Waals surface area contributed by atoms with E-state index in [0.29, 0.717) is 5.69 Å². The van der Waals surface area contributed by atoms with E-state index >= 15 is 0 Å². The van der Waals surface area contributed by atoms with Gasteiger partial charge in [-0.1, -0.05) is 48.5 Å². The molecule has 0 unspecified atom stereocenters. The van der Waals surface area contributed by atoms with Crippen LogP contribution in [0.1, 0.15) is 5.69 Å². The molecule has 0 N–H and O–H groups in total. The molecule has 3 aromatic rings. The zero-order valence-corrected chi connectivity index (χ0v) is 9.67. The van der Waals surface area contributed by atoms with Gasteiger partial charge in [-0.15, -0.1) is 0 Å². The van der Waals surface area contributed by atoms with E-state index in [2.05, 4.69) is 29.3 Å². The van der Waals surface area contributed by atoms with Crippen LogP contribution in [0.15, 0.2) is 60.8 Å². The fraction of sp³-hybridized carbons (Fsp3) is 0. The highest BCUT2D eigenvalue weighted by Gasteiger charge is 2.06. The Morgan fingerprint density at radius 1 is 0.833 bits per heavy atom. The van der Waals surface area contributed by atoms with Gasteiger partial charge in [0.25, 0.3) is 0 Å². The van der Waals surface area contributed by atoms with Crippen molar-refractivity contribution in [2.75, 3.05) is 0 Å². The molecule has 0 aliphatic heterocycles. The zero-order chi connectivity index (χ0) is 12.4. The maximum Gasteiger partial charge on any atom is 0.148 e. The van der Waals surface area contributed by atoms with Gasteiger partial charge < -0.3 is 0 Å². The van der Waals surface area contributed by atoms with Crippen molar-refractivity contribution in [3.63, 3.8) is 0 Å². The quantitative estimate of drug-likeness (QED) is 0.638. The molecule has 0 spiro atoms. The Balaban J connectivity index is 2.36. The smallest absolute Gasteiger partial charge is 0.148 e. The molecular weight excluding hydrogens is 220 g/mol. The van der Waals surface area contributed by atoms with Gasteiger partial charge in [-0.05, 0) is 22.6 Å². The molecular formula is C16H10N2. The van der Waals surface area contributed by atoms with Crippen molar-refractivity contribution in [2.24, 2.45) is 0 Å². The molecule has 0 aliphatic carbocycles. The summed E-state index contributed by atoms with van der Waals surface area (Å²) in [7, 11) is 0. The molecule has 0 saturated heterocycles. The standard InChI is InChI=1S/C16H10N2/c17-11-16-15-8-4-7-13(14(15)9-10-18-16)12-5-2-1-3-6-12/h1-10H. The van der Waals surface area contributed by atoms with Crippen LogP contribution < -0.4 is 0 Å². The molecule has 84 valence electrons. The molecule has 0 aliphatic rings. The van der Waals surface area contributed by atoms with Crippen LogP contribution >= 0.6 is 0 Å². The molecule has 0 fully saturated rings. The highest BCUT2D eigenvalue weighted by molar-refractivity contribution is 5.98. The topological polar surface area (TPSA) is 36.7 Å². The predicted molar refractivity (Wildman–Crippen MR) is 71.9 cm³/mol. The molecule has 0 atom stereocenters. The minimum atomic E-state index is 0.477. The molecule has 0 amide bonds. The number of fused-ring (bicyclic) bond motifs is 1. The van der Waals surface area contributed by atoms with E-state index in [4.69, 9.17) is 5.26 Å². The Bertz CT molecular complexity index is 740. The number of rotatable bonds is 1. The number of benzene rings is 2. The summed E-state index contributed by atoms with van der Waals surface area (Å²) >= 11 is 0. The number of aromatic nitrogens is 1. The van der Waals surface area contributed by atoms with Crippen LogP contribution in [0.5, 0.6) is 0 Å². The van der Waals surface area contributed by atoms with Crippen molar-refractivity contribution in [3.8, 4) is 17.2 Å². The van der Waals surface area contributed by atoms with E-state index in [-0.39, 0.29) is 0 Å². The van der Waals surface area contributed by atoms with Gasteiger partial charge in [0.15, 0.2) is 0 Å². The van der Waals surface area contributed by atoms with Crippen molar-refractivity contribution >= 4 is 10.8 Å². The summed E-state index contributed by atoms with van der Waals surface area (Å²) in [6, 6.07) is 20.2. The Morgan fingerprint density at radius 2 is 1.67 bits per heavy atom. The number of nitrogens with zero attached hydrogens (tertiary/aromatic N) is 2. The molecule has 1 aromatic heterocycles. The van der Waals surface area contributed by atoms with Crippen molar-refractivity contribution in [1.82, 2.24) is 4.98 Å². The number of pyridine rings is 1. The second-order valence-electron chi connectivity index (χ2n) is 4.04. The summed E-state index contributed by atoms with van der Waals surface area (Å²) in [5.74, 6) is 0. The van der Waals surface area contributed by atoms with Gasteiger partial charge >= 0.3 is 0 Å². The largest absolute Gasteiger partial charge is 0.245 e. The van der Waals surface area contributed by atoms with Gasteiger partial charge in [0.05, 0.1) is 0 Å². The van der Waals surface area contributed by atoms with E-state index < -0.39 is 0 Å². The van der Waals surface area contributed by atoms with Crippen LogP contribution in [0.4, 0.5) is 0 Å². The molecule has 2 heteroatoms. The lowest BCUT2D eigenvalue weighted by molar-refractivity contribution is 1.30. The third-order valence-electron chi connectivity index (χ3n) is 3.00. The van der Waals surface area contributed by atoms with Crippen LogP contribution in [0.3, 0.4) is 0 Å². The lowest BCUT2D eigenvalue weighted by Crippen LogP contribution is -1.87. The highest BCUT2D eigenvalue weighted by Crippen LogP contribution is 2.29. The van der Waals surface area contributed by atoms with Crippen LogP contribution in [0, 0.1) is 11.3 Å². The second-order valence-corrected chi connectivity index (χ2v) is 4.04. The summed E-state index contributed by atoms with van der Waals surface area (Å²) in [6.07, 6.45) is 1.69. The maximum atomic E-state index is 9.08. The van der Waals surface area contributed by atoms with Crippen LogP contribution in [-0.2, 0) is 0 Å². The van der Waals surface area contributed by atoms with E-state index in [0.717, 1.165) is 21.9 Å². The van der Waals surface area contributed by atoms with Crippen LogP contribution in [-0.4, -0.2) is 4.98 Å². The minimum Gasteiger partial charge on any atom is -0.245 e. The van der Waals surface area contributed by atoms with Gasteiger partial charge in [0.1, 0.15) is 11.8 Å². The van der Waals surface area contributed by atoms with E-state index in [9.17, 15) is 0 Å². The molecule has 1 heterocycles. The lowest BCUT2D eigenvalue weighted by atomic mass is 9.98. The van der Waals surface area contributed by atoms with Crippen LogP contribution in [0.25, 0.3) is 21.9 Å². The maximum absolute atomic E-state index is 9.08. The van der Waals surface area contributed by atoms with E-state index in [1.54, 1.807) is 6.20 Å². The molecule has 0 radical (unpaired) electrons. The minimum absolute atomic E-state index is 0.477. The Hall–Kier alpha value is -2.66. The molecule has 2 nitrogen and oxygen atoms in total. The Kier molecular flexibility index (Phi) is 2.51. The van der Waals surface area contributed by atoms with Gasteiger partial charge in [0.2, 0.25) is 0 Å². The third-order valence-corrected chi connectivity index (χ3v) is 3.00. The predicted octanol–water partition coefficient (Wildman–Crippen LogP) is 3.77. The van der Waals surface area contributed by atoms with Crippen molar-refractivity contribution in [2.45, 2.75) is 0 Å². The first kappa shape index (κ1) is 10.5. The first-order valence-electron chi connectivity index (χ1n) is 5.73. The van der Waals surface area contributed by atoms with Crippen molar-refractivity contribution < 1.29 is 0 Å². The molecule has 18 heavy (non-hydrogen) atoms. The molecule has 3 rings (SSSR count). The molecule has 2 aromatic carbocycles. The first-order valence-corrected chi connectivity index (χ1v) is 5.73. The van der Waals surface area contributed by atoms with Gasteiger partial charge in [-0.2, -0.15) is 5.26 Å². The Labute approximate surface area is 105 Å². The normalized spacial score (nSPS) is 10.2. The lowest BCUT2D eigenvalue weighted by Gasteiger charge is -2.07. The summed E-state index contributed by atoms with van der Waals surface area (Å²) < 4.78 is 0. The number of hydrogen-bond donors (Lipinski definition) is 0. The summed E-state index contributed by atoms with van der Waals surface area (Å²) in [5, 5.41) is 11.1. The van der Waals surface area contributed by atoms with E-state index in [1.165, 1.54) is 0 Å². The van der Waals surface area contributed by atoms with Crippen molar-refractivity contribution in [3.05, 3.63) is 66.5 Å². The fourth-order valence-corrected chi connectivity index (χ4v) is 2.17. The summed E-state index contributed by atoms with van der Waals surface area (Å²) in [4.78, 5) is 4.10.